The van der Waals surface area contributed by atoms with Crippen LogP contribution in [0.2, 0.25) is 0 Å². The fraction of sp³-hybridized carbons (Fsp3) is 0.400. The summed E-state index contributed by atoms with van der Waals surface area (Å²) in [6.45, 7) is 4.17. The number of carbonyl (C=O) groups excluding carboxylic acids is 1. The Morgan fingerprint density at radius 2 is 1.63 bits per heavy atom. The lowest BCUT2D eigenvalue weighted by Gasteiger charge is -2.16. The minimum Gasteiger partial charge on any atom is -0.494 e. The largest absolute Gasteiger partial charge is 0.494 e. The molecule has 0 atom stereocenters. The SMILES string of the molecule is CCOc1ccc(-n2c(SCC(=O)N3CCCC3)nnc2-c2cc(OC)c(OC)c(OC)c2)cc1. The van der Waals surface area contributed by atoms with Gasteiger partial charge in [-0.2, -0.15) is 0 Å². The van der Waals surface area contributed by atoms with E-state index >= 15 is 0 Å². The Balaban J connectivity index is 1.75. The first-order valence-corrected chi connectivity index (χ1v) is 12.5. The van der Waals surface area contributed by atoms with Crippen molar-refractivity contribution in [2.45, 2.75) is 24.9 Å². The van der Waals surface area contributed by atoms with Crippen LogP contribution >= 0.6 is 11.8 Å². The van der Waals surface area contributed by atoms with E-state index in [0.717, 1.165) is 42.9 Å². The summed E-state index contributed by atoms with van der Waals surface area (Å²) in [4.78, 5) is 14.6. The molecule has 1 aliphatic rings. The minimum absolute atomic E-state index is 0.114. The fourth-order valence-electron chi connectivity index (χ4n) is 4.04. The highest BCUT2D eigenvalue weighted by atomic mass is 32.2. The number of aromatic nitrogens is 3. The molecule has 0 spiro atoms. The van der Waals surface area contributed by atoms with Gasteiger partial charge in [-0.25, -0.2) is 0 Å². The number of methoxy groups -OCH3 is 3. The number of nitrogens with zero attached hydrogens (tertiary/aromatic N) is 4. The first kappa shape index (κ1) is 24.7. The Hall–Kier alpha value is -3.40. The number of rotatable bonds is 10. The minimum atomic E-state index is 0.114. The van der Waals surface area contributed by atoms with Crippen LogP contribution in [0.15, 0.2) is 41.6 Å². The van der Waals surface area contributed by atoms with Gasteiger partial charge >= 0.3 is 0 Å². The fourth-order valence-corrected chi connectivity index (χ4v) is 4.89. The van der Waals surface area contributed by atoms with E-state index in [1.807, 2.05) is 52.8 Å². The van der Waals surface area contributed by atoms with Crippen LogP contribution in [0.5, 0.6) is 23.0 Å². The Kier molecular flexibility index (Phi) is 8.02. The molecule has 0 aliphatic carbocycles. The van der Waals surface area contributed by atoms with Crippen molar-refractivity contribution < 1.29 is 23.7 Å². The van der Waals surface area contributed by atoms with Gasteiger partial charge in [-0.3, -0.25) is 9.36 Å². The molecule has 35 heavy (non-hydrogen) atoms. The lowest BCUT2D eigenvalue weighted by molar-refractivity contribution is -0.127. The summed E-state index contributed by atoms with van der Waals surface area (Å²) >= 11 is 1.37. The number of hydrogen-bond acceptors (Lipinski definition) is 8. The molecule has 2 aromatic carbocycles. The molecule has 0 unspecified atom stereocenters. The van der Waals surface area contributed by atoms with Crippen molar-refractivity contribution >= 4 is 17.7 Å². The van der Waals surface area contributed by atoms with Gasteiger partial charge in [-0.15, -0.1) is 10.2 Å². The van der Waals surface area contributed by atoms with Crippen LogP contribution in [0.1, 0.15) is 19.8 Å². The first-order valence-electron chi connectivity index (χ1n) is 11.5. The molecule has 1 aromatic heterocycles. The second kappa shape index (κ2) is 11.4. The van der Waals surface area contributed by atoms with E-state index in [0.29, 0.717) is 40.6 Å². The predicted molar refractivity (Wildman–Crippen MR) is 134 cm³/mol. The van der Waals surface area contributed by atoms with E-state index in [1.165, 1.54) is 11.8 Å². The lowest BCUT2D eigenvalue weighted by Crippen LogP contribution is -2.29. The van der Waals surface area contributed by atoms with Crippen molar-refractivity contribution in [2.24, 2.45) is 0 Å². The van der Waals surface area contributed by atoms with E-state index in [4.69, 9.17) is 18.9 Å². The standard InChI is InChI=1S/C25H30N4O5S/c1-5-34-19-10-8-18(9-11-19)29-24(17-14-20(31-2)23(33-4)21(15-17)32-3)26-27-25(29)35-16-22(30)28-12-6-7-13-28/h8-11,14-15H,5-7,12-13,16H2,1-4H3. The average molecular weight is 499 g/mol. The summed E-state index contributed by atoms with van der Waals surface area (Å²) in [6, 6.07) is 11.4. The van der Waals surface area contributed by atoms with Crippen molar-refractivity contribution in [1.29, 1.82) is 0 Å². The van der Waals surface area contributed by atoms with Gasteiger partial charge in [0.2, 0.25) is 11.7 Å². The van der Waals surface area contributed by atoms with Crippen molar-refractivity contribution in [3.05, 3.63) is 36.4 Å². The molecular formula is C25H30N4O5S. The summed E-state index contributed by atoms with van der Waals surface area (Å²) in [5, 5.41) is 9.54. The molecule has 4 rings (SSSR count). The third-order valence-electron chi connectivity index (χ3n) is 5.75. The molecule has 1 saturated heterocycles. The number of benzene rings is 2. The van der Waals surface area contributed by atoms with Gasteiger partial charge < -0.3 is 23.8 Å². The third kappa shape index (κ3) is 5.32. The predicted octanol–water partition coefficient (Wildman–Crippen LogP) is 4.07. The summed E-state index contributed by atoms with van der Waals surface area (Å²) in [5.74, 6) is 3.30. The number of carbonyl (C=O) groups is 1. The van der Waals surface area contributed by atoms with Gasteiger partial charge in [-0.1, -0.05) is 11.8 Å². The molecule has 0 bridgehead atoms. The number of ether oxygens (including phenoxy) is 4. The highest BCUT2D eigenvalue weighted by molar-refractivity contribution is 7.99. The Morgan fingerprint density at radius 3 is 2.20 bits per heavy atom. The zero-order valence-electron chi connectivity index (χ0n) is 20.4. The van der Waals surface area contributed by atoms with Crippen LogP contribution in [-0.2, 0) is 4.79 Å². The summed E-state index contributed by atoms with van der Waals surface area (Å²) in [7, 11) is 4.71. The maximum Gasteiger partial charge on any atom is 0.233 e. The zero-order chi connectivity index (χ0) is 24.8. The van der Waals surface area contributed by atoms with E-state index in [2.05, 4.69) is 10.2 Å². The van der Waals surface area contributed by atoms with Gasteiger partial charge in [0.1, 0.15) is 5.75 Å². The smallest absolute Gasteiger partial charge is 0.233 e. The van der Waals surface area contributed by atoms with Gasteiger partial charge in [0.05, 0.1) is 33.7 Å². The lowest BCUT2D eigenvalue weighted by atomic mass is 10.1. The van der Waals surface area contributed by atoms with Crippen molar-refractivity contribution in [3.63, 3.8) is 0 Å². The molecule has 0 saturated carbocycles. The summed E-state index contributed by atoms with van der Waals surface area (Å²) in [5.41, 5.74) is 1.58. The summed E-state index contributed by atoms with van der Waals surface area (Å²) < 4.78 is 24.1. The van der Waals surface area contributed by atoms with Crippen LogP contribution in [-0.4, -0.2) is 72.4 Å². The topological polar surface area (TPSA) is 87.9 Å². The van der Waals surface area contributed by atoms with Crippen LogP contribution in [0.3, 0.4) is 0 Å². The molecule has 2 heterocycles. The maximum atomic E-state index is 12.7. The van der Waals surface area contributed by atoms with E-state index in [1.54, 1.807) is 21.3 Å². The van der Waals surface area contributed by atoms with Crippen LogP contribution in [0, 0.1) is 0 Å². The molecule has 10 heteroatoms. The molecule has 1 fully saturated rings. The van der Waals surface area contributed by atoms with Crippen molar-refractivity contribution in [2.75, 3.05) is 46.8 Å². The Morgan fingerprint density at radius 1 is 0.971 bits per heavy atom. The van der Waals surface area contributed by atoms with Gasteiger partial charge in [-0.05, 0) is 56.2 Å². The normalized spacial score (nSPS) is 13.1. The highest BCUT2D eigenvalue weighted by Crippen LogP contribution is 2.41. The quantitative estimate of drug-likeness (QED) is 0.387. The molecule has 0 N–H and O–H groups in total. The van der Waals surface area contributed by atoms with Gasteiger partial charge in [0, 0.05) is 24.3 Å². The van der Waals surface area contributed by atoms with Crippen LogP contribution < -0.4 is 18.9 Å². The molecule has 1 aliphatic heterocycles. The molecule has 9 nitrogen and oxygen atoms in total. The van der Waals surface area contributed by atoms with Crippen LogP contribution in [0.4, 0.5) is 0 Å². The van der Waals surface area contributed by atoms with Crippen LogP contribution in [0.25, 0.3) is 17.1 Å². The second-order valence-electron chi connectivity index (χ2n) is 7.86. The van der Waals surface area contributed by atoms with Gasteiger partial charge in [0.15, 0.2) is 22.5 Å². The molecule has 1 amide bonds. The molecule has 186 valence electrons. The number of amides is 1. The zero-order valence-corrected chi connectivity index (χ0v) is 21.3. The van der Waals surface area contributed by atoms with E-state index in [-0.39, 0.29) is 5.91 Å². The first-order chi connectivity index (χ1) is 17.1. The van der Waals surface area contributed by atoms with Crippen molar-refractivity contribution in [3.8, 4) is 40.1 Å². The molecule has 0 radical (unpaired) electrons. The number of thioether (sulfide) groups is 1. The average Bonchev–Trinajstić information content (AvgIpc) is 3.58. The van der Waals surface area contributed by atoms with Gasteiger partial charge in [0.25, 0.3) is 0 Å². The number of hydrogen-bond donors (Lipinski definition) is 0. The van der Waals surface area contributed by atoms with E-state index in [9.17, 15) is 4.79 Å². The maximum absolute atomic E-state index is 12.7. The third-order valence-corrected chi connectivity index (χ3v) is 6.66. The Bertz CT molecular complexity index is 1130. The molecular weight excluding hydrogens is 468 g/mol. The summed E-state index contributed by atoms with van der Waals surface area (Å²) in [6.07, 6.45) is 2.12. The molecule has 3 aromatic rings. The monoisotopic (exact) mass is 498 g/mol. The number of likely N-dealkylation sites (tertiary alicyclic amines) is 1. The van der Waals surface area contributed by atoms with E-state index < -0.39 is 0 Å². The van der Waals surface area contributed by atoms with Crippen molar-refractivity contribution in [1.82, 2.24) is 19.7 Å². The second-order valence-corrected chi connectivity index (χ2v) is 8.80. The Labute approximate surface area is 209 Å². The highest BCUT2D eigenvalue weighted by Gasteiger charge is 2.23.